The molecule has 3 aliphatic rings. The molecule has 2 amide bonds. The highest BCUT2D eigenvalue weighted by Gasteiger charge is 2.52. The number of amides is 2. The van der Waals surface area contributed by atoms with E-state index in [1.54, 1.807) is 11.1 Å². The molecule has 202 valence electrons. The Kier molecular flexibility index (Phi) is 11.1. The lowest BCUT2D eigenvalue weighted by molar-refractivity contribution is -0.140. The Labute approximate surface area is 230 Å². The first-order chi connectivity index (χ1) is 18.0. The van der Waals surface area contributed by atoms with Crippen molar-refractivity contribution in [1.29, 1.82) is 0 Å². The van der Waals surface area contributed by atoms with Crippen LogP contribution in [-0.4, -0.2) is 51.5 Å². The summed E-state index contributed by atoms with van der Waals surface area (Å²) in [6.45, 7) is 8.37. The van der Waals surface area contributed by atoms with Crippen molar-refractivity contribution < 1.29 is 14.4 Å². The topological polar surface area (TPSA) is 79.4 Å². The maximum Gasteiger partial charge on any atom is 0.280 e. The fraction of sp³-hybridized carbons (Fsp3) is 0.586. The van der Waals surface area contributed by atoms with Gasteiger partial charge in [0, 0.05) is 25.1 Å². The van der Waals surface area contributed by atoms with Gasteiger partial charge in [-0.1, -0.05) is 77.3 Å². The molecule has 2 heterocycles. The van der Waals surface area contributed by atoms with Gasteiger partial charge in [0.2, 0.25) is 5.91 Å². The van der Waals surface area contributed by atoms with E-state index in [-0.39, 0.29) is 34.8 Å². The van der Waals surface area contributed by atoms with E-state index in [0.717, 1.165) is 49.0 Å². The van der Waals surface area contributed by atoms with Crippen LogP contribution >= 0.6 is 22.9 Å². The van der Waals surface area contributed by atoms with Gasteiger partial charge in [-0.3, -0.25) is 14.4 Å². The number of aromatic nitrogens is 1. The molecule has 8 heteroatoms. The summed E-state index contributed by atoms with van der Waals surface area (Å²) in [7, 11) is 0. The normalized spacial score (nSPS) is 23.8. The second-order valence-corrected chi connectivity index (χ2v) is 11.0. The van der Waals surface area contributed by atoms with Crippen LogP contribution in [0.3, 0.4) is 0 Å². The first kappa shape index (κ1) is 29.3. The number of ketones is 1. The van der Waals surface area contributed by atoms with Crippen molar-refractivity contribution in [3.8, 4) is 10.4 Å². The Bertz CT molecular complexity index is 1040. The zero-order valence-corrected chi connectivity index (χ0v) is 24.0. The van der Waals surface area contributed by atoms with Gasteiger partial charge in [0.25, 0.3) is 5.91 Å². The monoisotopic (exact) mass is 545 g/mol. The average molecular weight is 546 g/mol. The van der Waals surface area contributed by atoms with Gasteiger partial charge in [0.1, 0.15) is 6.04 Å². The minimum absolute atomic E-state index is 0.0261. The van der Waals surface area contributed by atoms with Crippen LogP contribution in [0.4, 0.5) is 0 Å². The van der Waals surface area contributed by atoms with Gasteiger partial charge in [-0.25, -0.2) is 4.98 Å². The third kappa shape index (κ3) is 6.61. The predicted octanol–water partition coefficient (Wildman–Crippen LogP) is 6.34. The molecule has 1 saturated heterocycles. The van der Waals surface area contributed by atoms with E-state index in [0.29, 0.717) is 18.0 Å². The first-order valence-electron chi connectivity index (χ1n) is 13.8. The molecule has 1 aromatic carbocycles. The Morgan fingerprint density at radius 2 is 1.73 bits per heavy atom. The van der Waals surface area contributed by atoms with Crippen molar-refractivity contribution in [2.75, 3.05) is 6.54 Å². The summed E-state index contributed by atoms with van der Waals surface area (Å²) in [5.74, 6) is -0.311. The lowest BCUT2D eigenvalue weighted by Crippen LogP contribution is -2.55. The molecule has 1 aliphatic heterocycles. The standard InChI is InChI=1S/C25H28ClN3O3S.2C2H6/c26-18-14-29(22-17(18)11-12-19(22)30)25(32)21(16-9-5-2-6-10-16)28-23(31)24-27-13-20(33-24)15-7-3-1-4-8-15;2*1-2/h1,3-4,7-8,13,16-18,21-22H,2,5-6,9-12,14H2,(H,28,31);2*1-2H3/t17-,18+,21+,22+;;/m1../s1. The van der Waals surface area contributed by atoms with E-state index < -0.39 is 12.1 Å². The van der Waals surface area contributed by atoms with Crippen LogP contribution in [0.25, 0.3) is 10.4 Å². The van der Waals surface area contributed by atoms with Crippen molar-refractivity contribution in [2.24, 2.45) is 11.8 Å². The highest BCUT2D eigenvalue weighted by molar-refractivity contribution is 7.17. The van der Waals surface area contributed by atoms with E-state index in [2.05, 4.69) is 10.3 Å². The van der Waals surface area contributed by atoms with Crippen LogP contribution < -0.4 is 5.32 Å². The number of fused-ring (bicyclic) bond motifs is 1. The number of carbonyl (C=O) groups excluding carboxylic acids is 3. The van der Waals surface area contributed by atoms with Crippen LogP contribution in [0.1, 0.15) is 82.4 Å². The minimum atomic E-state index is -0.655. The molecule has 37 heavy (non-hydrogen) atoms. The number of thiazole rings is 1. The molecule has 2 aromatic rings. The van der Waals surface area contributed by atoms with Gasteiger partial charge in [-0.05, 0) is 30.7 Å². The Balaban J connectivity index is 0.000000907. The molecular weight excluding hydrogens is 506 g/mol. The van der Waals surface area contributed by atoms with Crippen molar-refractivity contribution in [3.05, 3.63) is 41.5 Å². The van der Waals surface area contributed by atoms with Crippen LogP contribution in [0.5, 0.6) is 0 Å². The van der Waals surface area contributed by atoms with Crippen LogP contribution in [0.15, 0.2) is 36.5 Å². The molecule has 0 unspecified atom stereocenters. The second-order valence-electron chi connectivity index (χ2n) is 9.37. The number of carbonyl (C=O) groups is 3. The third-order valence-corrected chi connectivity index (χ3v) is 8.85. The summed E-state index contributed by atoms with van der Waals surface area (Å²) in [6.07, 6.45) is 7.94. The van der Waals surface area contributed by atoms with Crippen LogP contribution in [0.2, 0.25) is 0 Å². The molecule has 1 N–H and O–H groups in total. The number of alkyl halides is 1. The average Bonchev–Trinajstić information content (AvgIpc) is 3.68. The summed E-state index contributed by atoms with van der Waals surface area (Å²) in [5, 5.41) is 3.15. The van der Waals surface area contributed by atoms with Gasteiger partial charge < -0.3 is 10.2 Å². The summed E-state index contributed by atoms with van der Waals surface area (Å²) in [5.41, 5.74) is 1.00. The molecule has 0 radical (unpaired) electrons. The molecule has 2 saturated carbocycles. The van der Waals surface area contributed by atoms with Crippen LogP contribution in [0, 0.1) is 11.8 Å². The number of hydrogen-bond acceptors (Lipinski definition) is 5. The predicted molar refractivity (Wildman–Crippen MR) is 151 cm³/mol. The maximum absolute atomic E-state index is 13.8. The lowest BCUT2D eigenvalue weighted by Gasteiger charge is -2.34. The molecular formula is C29H40ClN3O3S. The number of nitrogens with zero attached hydrogens (tertiary/aromatic N) is 2. The number of likely N-dealkylation sites (tertiary alicyclic amines) is 1. The van der Waals surface area contributed by atoms with Gasteiger partial charge in [-0.2, -0.15) is 0 Å². The van der Waals surface area contributed by atoms with E-state index in [1.807, 2.05) is 58.0 Å². The molecule has 3 fully saturated rings. The molecule has 6 nitrogen and oxygen atoms in total. The zero-order valence-electron chi connectivity index (χ0n) is 22.4. The fourth-order valence-electron chi connectivity index (χ4n) is 5.65. The Morgan fingerprint density at radius 3 is 2.41 bits per heavy atom. The molecule has 2 aliphatic carbocycles. The molecule has 5 rings (SSSR count). The highest BCUT2D eigenvalue weighted by atomic mass is 35.5. The number of halogens is 1. The van der Waals surface area contributed by atoms with Crippen molar-refractivity contribution in [1.82, 2.24) is 15.2 Å². The number of benzene rings is 1. The lowest BCUT2D eigenvalue weighted by atomic mass is 9.83. The summed E-state index contributed by atoms with van der Waals surface area (Å²) < 4.78 is 0. The fourth-order valence-corrected chi connectivity index (χ4v) is 6.88. The third-order valence-electron chi connectivity index (χ3n) is 7.35. The Morgan fingerprint density at radius 1 is 1.05 bits per heavy atom. The summed E-state index contributed by atoms with van der Waals surface area (Å²) >= 11 is 7.85. The first-order valence-corrected chi connectivity index (χ1v) is 15.1. The van der Waals surface area contributed by atoms with Gasteiger partial charge in [-0.15, -0.1) is 22.9 Å². The molecule has 1 aromatic heterocycles. The van der Waals surface area contributed by atoms with E-state index in [4.69, 9.17) is 11.6 Å². The van der Waals surface area contributed by atoms with Crippen LogP contribution in [-0.2, 0) is 9.59 Å². The van der Waals surface area contributed by atoms with Gasteiger partial charge >= 0.3 is 0 Å². The van der Waals surface area contributed by atoms with E-state index >= 15 is 0 Å². The van der Waals surface area contributed by atoms with Gasteiger partial charge in [0.15, 0.2) is 10.8 Å². The molecule has 0 bridgehead atoms. The minimum Gasteiger partial charge on any atom is -0.338 e. The Hall–Kier alpha value is -2.25. The van der Waals surface area contributed by atoms with Gasteiger partial charge in [0.05, 0.1) is 16.3 Å². The highest BCUT2D eigenvalue weighted by Crippen LogP contribution is 2.40. The largest absolute Gasteiger partial charge is 0.338 e. The molecule has 0 spiro atoms. The number of Topliss-reactive ketones (excluding diaryl/α,β-unsaturated/α-hetero) is 1. The van der Waals surface area contributed by atoms with Crippen molar-refractivity contribution in [3.63, 3.8) is 0 Å². The smallest absolute Gasteiger partial charge is 0.280 e. The quantitative estimate of drug-likeness (QED) is 0.445. The summed E-state index contributed by atoms with van der Waals surface area (Å²) in [4.78, 5) is 46.4. The maximum atomic E-state index is 13.8. The van der Waals surface area contributed by atoms with Crippen molar-refractivity contribution in [2.45, 2.75) is 90.1 Å². The second kappa shape index (κ2) is 14.1. The number of nitrogens with one attached hydrogen (secondary N) is 1. The number of hydrogen-bond donors (Lipinski definition) is 1. The zero-order chi connectivity index (χ0) is 26.9. The van der Waals surface area contributed by atoms with E-state index in [9.17, 15) is 14.4 Å². The van der Waals surface area contributed by atoms with Crippen molar-refractivity contribution >= 4 is 40.5 Å². The summed E-state index contributed by atoms with van der Waals surface area (Å²) in [6, 6.07) is 8.71. The number of rotatable bonds is 5. The molecule has 4 atom stereocenters. The van der Waals surface area contributed by atoms with E-state index in [1.165, 1.54) is 11.3 Å². The SMILES string of the molecule is CC.CC.O=C(N[C@H](C(=O)N1C[C@H](Cl)[C@H]2CCC(=O)[C@H]21)C1CCCCC1)c1ncc(-c2ccccc2)s1.